The van der Waals surface area contributed by atoms with Crippen LogP contribution in [0.1, 0.15) is 52.4 Å². The van der Waals surface area contributed by atoms with E-state index in [9.17, 15) is 14.7 Å². The summed E-state index contributed by atoms with van der Waals surface area (Å²) in [6.45, 7) is 4.09. The topological polar surface area (TPSA) is 66.4 Å². The van der Waals surface area contributed by atoms with Crippen molar-refractivity contribution in [3.05, 3.63) is 0 Å². The van der Waals surface area contributed by atoms with E-state index in [0.717, 1.165) is 12.8 Å². The molecular weight excluding hydrogens is 250 g/mol. The Balaban J connectivity index is 3.46. The van der Waals surface area contributed by atoms with Crippen molar-refractivity contribution in [1.82, 2.24) is 5.32 Å². The monoisotopic (exact) mass is 275 g/mol. The van der Waals surface area contributed by atoms with Crippen LogP contribution in [0.3, 0.4) is 0 Å². The van der Waals surface area contributed by atoms with Crippen LogP contribution in [0.5, 0.6) is 0 Å². The molecule has 0 aliphatic carbocycles. The molecule has 0 heterocycles. The molecule has 4 nitrogen and oxygen atoms in total. The van der Waals surface area contributed by atoms with E-state index < -0.39 is 6.10 Å². The molecule has 2 N–H and O–H groups in total. The van der Waals surface area contributed by atoms with Gasteiger partial charge in [0.25, 0.3) is 0 Å². The maximum atomic E-state index is 11.5. The normalized spacial score (nSPS) is 12.2. The van der Waals surface area contributed by atoms with E-state index in [1.165, 1.54) is 31.5 Å². The Hall–Kier alpha value is -0.550. The van der Waals surface area contributed by atoms with Gasteiger partial charge in [0.15, 0.2) is 5.12 Å². The summed E-state index contributed by atoms with van der Waals surface area (Å²) in [6.07, 6.45) is 4.88. The number of thioether (sulfide) groups is 1. The van der Waals surface area contributed by atoms with Gasteiger partial charge >= 0.3 is 0 Å². The second-order valence-electron chi connectivity index (χ2n) is 4.41. The van der Waals surface area contributed by atoms with Crippen LogP contribution >= 0.6 is 11.8 Å². The van der Waals surface area contributed by atoms with Crippen molar-refractivity contribution < 1.29 is 14.7 Å². The van der Waals surface area contributed by atoms with Crippen molar-refractivity contribution in [2.45, 2.75) is 58.5 Å². The Labute approximate surface area is 114 Å². The van der Waals surface area contributed by atoms with E-state index in [-0.39, 0.29) is 17.4 Å². The van der Waals surface area contributed by atoms with Crippen LogP contribution in [-0.4, -0.2) is 34.5 Å². The first kappa shape index (κ1) is 17.4. The second kappa shape index (κ2) is 11.5. The summed E-state index contributed by atoms with van der Waals surface area (Å²) >= 11 is 1.18. The highest BCUT2D eigenvalue weighted by atomic mass is 32.2. The standard InChI is InChI=1S/C13H25NO3S/c1-3-4-5-6-7-12(16)10-13(17)18-9-8-14-11(2)15/h12,16H,3-10H2,1-2H3,(H,14,15)/t12-/m1/s1. The number of aliphatic hydroxyl groups is 1. The molecule has 0 aromatic carbocycles. The highest BCUT2D eigenvalue weighted by Gasteiger charge is 2.10. The van der Waals surface area contributed by atoms with Gasteiger partial charge in [0.2, 0.25) is 5.91 Å². The maximum Gasteiger partial charge on any atom is 0.216 e. The van der Waals surface area contributed by atoms with Gasteiger partial charge in [-0.05, 0) is 6.42 Å². The number of unbranched alkanes of at least 4 members (excludes halogenated alkanes) is 3. The lowest BCUT2D eigenvalue weighted by Crippen LogP contribution is -2.23. The predicted octanol–water partition coefficient (Wildman–Crippen LogP) is 2.10. The molecule has 0 radical (unpaired) electrons. The van der Waals surface area contributed by atoms with Crippen LogP contribution in [0.15, 0.2) is 0 Å². The van der Waals surface area contributed by atoms with E-state index >= 15 is 0 Å². The third-order valence-electron chi connectivity index (χ3n) is 2.53. The van der Waals surface area contributed by atoms with Crippen molar-refractivity contribution >= 4 is 22.8 Å². The minimum atomic E-state index is -0.511. The number of aliphatic hydroxyl groups excluding tert-OH is 1. The molecule has 1 atom stereocenters. The molecule has 18 heavy (non-hydrogen) atoms. The molecule has 1 amide bonds. The number of hydrogen-bond acceptors (Lipinski definition) is 4. The molecule has 106 valence electrons. The fraction of sp³-hybridized carbons (Fsp3) is 0.846. The molecule has 0 fully saturated rings. The lowest BCUT2D eigenvalue weighted by Gasteiger charge is -2.09. The molecule has 0 aliphatic rings. The third-order valence-corrected chi connectivity index (χ3v) is 3.43. The van der Waals surface area contributed by atoms with Gasteiger partial charge in [-0.25, -0.2) is 0 Å². The molecule has 0 rings (SSSR count). The zero-order valence-corrected chi connectivity index (χ0v) is 12.2. The van der Waals surface area contributed by atoms with Crippen LogP contribution in [0, 0.1) is 0 Å². The number of nitrogens with one attached hydrogen (secondary N) is 1. The molecule has 0 saturated heterocycles. The summed E-state index contributed by atoms with van der Waals surface area (Å²) in [7, 11) is 0. The van der Waals surface area contributed by atoms with Crippen LogP contribution < -0.4 is 5.32 Å². The summed E-state index contributed by atoms with van der Waals surface area (Å²) in [5.41, 5.74) is 0. The summed E-state index contributed by atoms with van der Waals surface area (Å²) < 4.78 is 0. The summed E-state index contributed by atoms with van der Waals surface area (Å²) in [5, 5.41) is 12.3. The van der Waals surface area contributed by atoms with Gasteiger partial charge in [-0.3, -0.25) is 9.59 Å². The van der Waals surface area contributed by atoms with E-state index in [1.807, 2.05) is 0 Å². The van der Waals surface area contributed by atoms with E-state index in [2.05, 4.69) is 12.2 Å². The average molecular weight is 275 g/mol. The van der Waals surface area contributed by atoms with Crippen molar-refractivity contribution in [1.29, 1.82) is 0 Å². The summed E-state index contributed by atoms with van der Waals surface area (Å²) in [5.74, 6) is 0.486. The maximum absolute atomic E-state index is 11.5. The zero-order chi connectivity index (χ0) is 13.8. The molecule has 0 aromatic heterocycles. The SMILES string of the molecule is CCCCCC[C@@H](O)CC(=O)SCCNC(C)=O. The zero-order valence-electron chi connectivity index (χ0n) is 11.4. The van der Waals surface area contributed by atoms with E-state index in [4.69, 9.17) is 0 Å². The smallest absolute Gasteiger partial charge is 0.216 e. The minimum absolute atomic E-state index is 0.00310. The van der Waals surface area contributed by atoms with Gasteiger partial charge in [-0.2, -0.15) is 0 Å². The summed E-state index contributed by atoms with van der Waals surface area (Å²) in [6, 6.07) is 0. The Bertz CT molecular complexity index is 246. The largest absolute Gasteiger partial charge is 0.393 e. The van der Waals surface area contributed by atoms with Crippen LogP contribution in [0.2, 0.25) is 0 Å². The number of hydrogen-bond donors (Lipinski definition) is 2. The highest BCUT2D eigenvalue weighted by Crippen LogP contribution is 2.12. The molecule has 0 saturated carbocycles. The van der Waals surface area contributed by atoms with Crippen LogP contribution in [0.25, 0.3) is 0 Å². The Morgan fingerprint density at radius 1 is 1.28 bits per heavy atom. The number of rotatable bonds is 10. The first-order chi connectivity index (χ1) is 8.56. The van der Waals surface area contributed by atoms with Gasteiger partial charge in [0.1, 0.15) is 0 Å². The number of carbonyl (C=O) groups excluding carboxylic acids is 2. The fourth-order valence-corrected chi connectivity index (χ4v) is 2.29. The molecule has 0 spiro atoms. The molecule has 5 heteroatoms. The number of amides is 1. The second-order valence-corrected chi connectivity index (χ2v) is 5.56. The summed E-state index contributed by atoms with van der Waals surface area (Å²) in [4.78, 5) is 22.1. The predicted molar refractivity (Wildman–Crippen MR) is 75.5 cm³/mol. The highest BCUT2D eigenvalue weighted by molar-refractivity contribution is 8.13. The first-order valence-electron chi connectivity index (χ1n) is 6.64. The van der Waals surface area contributed by atoms with Gasteiger partial charge in [0.05, 0.1) is 6.10 Å². The average Bonchev–Trinajstić information content (AvgIpc) is 2.30. The van der Waals surface area contributed by atoms with Gasteiger partial charge in [-0.15, -0.1) is 0 Å². The molecule has 0 aliphatic heterocycles. The molecule has 0 bridgehead atoms. The lowest BCUT2D eigenvalue weighted by atomic mass is 10.1. The third kappa shape index (κ3) is 11.9. The molecular formula is C13H25NO3S. The van der Waals surface area contributed by atoms with Crippen molar-refractivity contribution in [2.24, 2.45) is 0 Å². The molecule has 0 unspecified atom stereocenters. The van der Waals surface area contributed by atoms with E-state index in [0.29, 0.717) is 18.7 Å². The van der Waals surface area contributed by atoms with Crippen molar-refractivity contribution in [3.63, 3.8) is 0 Å². The molecule has 0 aromatic rings. The van der Waals surface area contributed by atoms with Gasteiger partial charge in [0, 0.05) is 25.6 Å². The van der Waals surface area contributed by atoms with Crippen molar-refractivity contribution in [3.8, 4) is 0 Å². The van der Waals surface area contributed by atoms with Crippen molar-refractivity contribution in [2.75, 3.05) is 12.3 Å². The number of carbonyl (C=O) groups is 2. The van der Waals surface area contributed by atoms with Gasteiger partial charge in [-0.1, -0.05) is 44.4 Å². The Morgan fingerprint density at radius 2 is 2.00 bits per heavy atom. The Kier molecular flexibility index (Phi) is 11.2. The quantitative estimate of drug-likeness (QED) is 0.599. The van der Waals surface area contributed by atoms with E-state index in [1.54, 1.807) is 0 Å². The fourth-order valence-electron chi connectivity index (χ4n) is 1.55. The first-order valence-corrected chi connectivity index (χ1v) is 7.63. The minimum Gasteiger partial charge on any atom is -0.393 e. The van der Waals surface area contributed by atoms with Crippen LogP contribution in [0.4, 0.5) is 0 Å². The Morgan fingerprint density at radius 3 is 2.61 bits per heavy atom. The van der Waals surface area contributed by atoms with Crippen LogP contribution in [-0.2, 0) is 9.59 Å². The lowest BCUT2D eigenvalue weighted by molar-refractivity contribution is -0.119. The van der Waals surface area contributed by atoms with Gasteiger partial charge < -0.3 is 10.4 Å².